The Morgan fingerprint density at radius 1 is 1.21 bits per heavy atom. The first-order valence-electron chi connectivity index (χ1n) is 12.0. The first-order chi connectivity index (χ1) is 15.4. The van der Waals surface area contributed by atoms with Gasteiger partial charge in [0, 0.05) is 11.6 Å². The third kappa shape index (κ3) is 8.24. The van der Waals surface area contributed by atoms with Gasteiger partial charge < -0.3 is 20.5 Å². The number of nitrogens with zero attached hydrogens (tertiary/aromatic N) is 3. The third-order valence-electron chi connectivity index (χ3n) is 5.92. The lowest BCUT2D eigenvalue weighted by atomic mass is 9.84. The number of esters is 1. The van der Waals surface area contributed by atoms with E-state index in [2.05, 4.69) is 5.29 Å². The van der Waals surface area contributed by atoms with Gasteiger partial charge in [0.25, 0.3) is 0 Å². The Morgan fingerprint density at radius 3 is 2.27 bits per heavy atom. The number of ether oxygens (including phenoxy) is 1. The van der Waals surface area contributed by atoms with Crippen molar-refractivity contribution in [3.8, 4) is 0 Å². The highest BCUT2D eigenvalue weighted by atomic mass is 16.5. The van der Waals surface area contributed by atoms with Crippen LogP contribution in [-0.4, -0.2) is 69.2 Å². The fraction of sp³-hybridized carbons (Fsp3) is 0.870. The van der Waals surface area contributed by atoms with Crippen molar-refractivity contribution in [1.29, 1.82) is 0 Å². The number of rotatable bonds is 9. The zero-order valence-corrected chi connectivity index (χ0v) is 21.0. The first kappa shape index (κ1) is 28.8. The summed E-state index contributed by atoms with van der Waals surface area (Å²) in [5.74, 6) is -1.93. The van der Waals surface area contributed by atoms with Gasteiger partial charge in [-0.15, -0.1) is 4.91 Å². The van der Waals surface area contributed by atoms with E-state index in [4.69, 9.17) is 10.5 Å². The van der Waals surface area contributed by atoms with E-state index in [-0.39, 0.29) is 24.1 Å². The molecule has 33 heavy (non-hydrogen) atoms. The molecule has 0 aromatic carbocycles. The highest BCUT2D eigenvalue weighted by Gasteiger charge is 2.49. The number of nitrogens with two attached hydrogens (primary N) is 1. The van der Waals surface area contributed by atoms with Crippen LogP contribution in [0.5, 0.6) is 0 Å². The molecule has 1 aliphatic heterocycles. The van der Waals surface area contributed by atoms with Crippen molar-refractivity contribution >= 4 is 17.8 Å². The summed E-state index contributed by atoms with van der Waals surface area (Å²) in [7, 11) is 0. The van der Waals surface area contributed by atoms with Crippen molar-refractivity contribution in [1.82, 2.24) is 9.91 Å². The molecule has 2 fully saturated rings. The molecular formula is C23H42N4O6. The highest BCUT2D eigenvalue weighted by Crippen LogP contribution is 2.40. The quantitative estimate of drug-likeness (QED) is 0.297. The molecule has 0 bridgehead atoms. The number of carboxylic acids is 1. The Hall–Kier alpha value is -2.23. The summed E-state index contributed by atoms with van der Waals surface area (Å²) < 4.78 is 5.04. The number of aliphatic carboxylic acids is 1. The Kier molecular flexibility index (Phi) is 11.2. The fourth-order valence-electron chi connectivity index (χ4n) is 4.59. The molecule has 0 radical (unpaired) electrons. The minimum Gasteiger partial charge on any atom is -0.480 e. The molecule has 2 aliphatic rings. The standard InChI is InChI=1S/C19H31N3O6.C4H11N/c1-4-8-15(19(26)28-5-2)22(20-27)12(3)17(23)21-14-10-7-6-9-13(14)11-16(21)18(24)25;1-4(2,3)5/h12-16H,4-11H2,1-3H3,(H,24,25);5H2,1-3H3/t12-,13-,14-,15-,16-;/m0./s1. The summed E-state index contributed by atoms with van der Waals surface area (Å²) >= 11 is 0. The Morgan fingerprint density at radius 2 is 1.79 bits per heavy atom. The molecule has 3 N–H and O–H groups in total. The van der Waals surface area contributed by atoms with Gasteiger partial charge >= 0.3 is 11.9 Å². The average Bonchev–Trinajstić information content (AvgIpc) is 3.12. The number of hydrogen-bond acceptors (Lipinski definition) is 7. The van der Waals surface area contributed by atoms with Crippen molar-refractivity contribution in [3.63, 3.8) is 0 Å². The molecule has 1 amide bonds. The van der Waals surface area contributed by atoms with E-state index in [1.807, 2.05) is 27.7 Å². The maximum atomic E-state index is 13.3. The summed E-state index contributed by atoms with van der Waals surface area (Å²) in [5, 5.41) is 13.5. The molecule has 0 aromatic rings. The fourth-order valence-corrected chi connectivity index (χ4v) is 4.59. The molecule has 2 rings (SSSR count). The van der Waals surface area contributed by atoms with Crippen LogP contribution in [-0.2, 0) is 19.1 Å². The Bertz CT molecular complexity index is 674. The van der Waals surface area contributed by atoms with Crippen LogP contribution in [0, 0.1) is 10.8 Å². The van der Waals surface area contributed by atoms with E-state index in [1.54, 1.807) is 6.92 Å². The lowest BCUT2D eigenvalue weighted by molar-refractivity contribution is -0.157. The maximum Gasteiger partial charge on any atom is 0.330 e. The highest BCUT2D eigenvalue weighted by molar-refractivity contribution is 5.88. The molecule has 0 unspecified atom stereocenters. The van der Waals surface area contributed by atoms with E-state index in [9.17, 15) is 24.4 Å². The average molecular weight is 471 g/mol. The minimum absolute atomic E-state index is 0. The van der Waals surface area contributed by atoms with Crippen LogP contribution in [0.2, 0.25) is 0 Å². The molecule has 10 heteroatoms. The second kappa shape index (κ2) is 12.9. The van der Waals surface area contributed by atoms with Crippen molar-refractivity contribution in [2.75, 3.05) is 6.61 Å². The summed E-state index contributed by atoms with van der Waals surface area (Å²) in [4.78, 5) is 50.4. The number of carbonyl (C=O) groups is 3. The minimum atomic E-state index is -1.04. The number of fused-ring (bicyclic) bond motifs is 1. The third-order valence-corrected chi connectivity index (χ3v) is 5.92. The molecule has 1 saturated heterocycles. The smallest absolute Gasteiger partial charge is 0.330 e. The number of carbonyl (C=O) groups excluding carboxylic acids is 2. The van der Waals surface area contributed by atoms with Crippen LogP contribution >= 0.6 is 0 Å². The van der Waals surface area contributed by atoms with Gasteiger partial charge in [0.15, 0.2) is 0 Å². The van der Waals surface area contributed by atoms with Gasteiger partial charge in [-0.3, -0.25) is 4.79 Å². The van der Waals surface area contributed by atoms with Crippen LogP contribution in [0.25, 0.3) is 0 Å². The SMILES string of the molecule is CC(C)(C)N.CCC[C@@H](C(=O)OCC)N(N=O)[C@@H](C)C(=O)N1[C@H](C(=O)O)C[C@@H]2CCCC[C@@H]21. The van der Waals surface area contributed by atoms with Crippen LogP contribution < -0.4 is 5.73 Å². The van der Waals surface area contributed by atoms with E-state index in [0.717, 1.165) is 30.7 Å². The van der Waals surface area contributed by atoms with Crippen molar-refractivity contribution in [2.24, 2.45) is 16.9 Å². The van der Waals surface area contributed by atoms with E-state index in [1.165, 1.54) is 11.8 Å². The molecule has 5 atom stereocenters. The lowest BCUT2D eigenvalue weighted by Crippen LogP contribution is -2.55. The monoisotopic (exact) mass is 470 g/mol. The van der Waals surface area contributed by atoms with Crippen LogP contribution in [0.3, 0.4) is 0 Å². The Balaban J connectivity index is 0.000000981. The van der Waals surface area contributed by atoms with Crippen molar-refractivity contribution in [3.05, 3.63) is 4.91 Å². The molecule has 1 heterocycles. The largest absolute Gasteiger partial charge is 0.480 e. The number of carboxylic acid groups (broad SMARTS) is 1. The second-order valence-corrected chi connectivity index (χ2v) is 10.0. The number of hydrogen-bond donors (Lipinski definition) is 2. The summed E-state index contributed by atoms with van der Waals surface area (Å²) in [6, 6.07) is -3.04. The zero-order chi connectivity index (χ0) is 25.3. The predicted molar refractivity (Wildman–Crippen MR) is 125 cm³/mol. The van der Waals surface area contributed by atoms with Gasteiger partial charge in [-0.05, 0) is 66.2 Å². The first-order valence-corrected chi connectivity index (χ1v) is 12.0. The molecular weight excluding hydrogens is 428 g/mol. The second-order valence-electron chi connectivity index (χ2n) is 10.0. The Labute approximate surface area is 197 Å². The number of likely N-dealkylation sites (tertiary alicyclic amines) is 1. The molecule has 10 nitrogen and oxygen atoms in total. The normalized spacial score (nSPS) is 24.0. The predicted octanol–water partition coefficient (Wildman–Crippen LogP) is 3.08. The van der Waals surface area contributed by atoms with E-state index >= 15 is 0 Å². The van der Waals surface area contributed by atoms with Crippen LogP contribution in [0.4, 0.5) is 0 Å². The summed E-state index contributed by atoms with van der Waals surface area (Å²) in [6.07, 6.45) is 5.00. The van der Waals surface area contributed by atoms with E-state index in [0.29, 0.717) is 19.3 Å². The van der Waals surface area contributed by atoms with Crippen molar-refractivity contribution in [2.45, 2.75) is 116 Å². The molecule has 0 spiro atoms. The molecule has 0 aromatic heterocycles. The van der Waals surface area contributed by atoms with Gasteiger partial charge in [-0.25, -0.2) is 14.6 Å². The number of amides is 1. The van der Waals surface area contributed by atoms with Gasteiger partial charge in [0.2, 0.25) is 5.91 Å². The molecule has 190 valence electrons. The van der Waals surface area contributed by atoms with Gasteiger partial charge in [0.1, 0.15) is 18.1 Å². The van der Waals surface area contributed by atoms with E-state index < -0.39 is 36.0 Å². The summed E-state index contributed by atoms with van der Waals surface area (Å²) in [6.45, 7) is 11.1. The van der Waals surface area contributed by atoms with Crippen molar-refractivity contribution < 1.29 is 24.2 Å². The lowest BCUT2D eigenvalue weighted by Gasteiger charge is -2.37. The molecule has 1 saturated carbocycles. The summed E-state index contributed by atoms with van der Waals surface area (Å²) in [5.41, 5.74) is 5.35. The maximum absolute atomic E-state index is 13.3. The zero-order valence-electron chi connectivity index (χ0n) is 21.0. The van der Waals surface area contributed by atoms with Crippen LogP contribution in [0.1, 0.15) is 86.5 Å². The number of nitroso groups, excluding NO2 is 1. The van der Waals surface area contributed by atoms with Gasteiger partial charge in [-0.1, -0.05) is 26.2 Å². The molecule has 1 aliphatic carbocycles. The van der Waals surface area contributed by atoms with Gasteiger partial charge in [-0.2, -0.15) is 0 Å². The topological polar surface area (TPSA) is 143 Å². The van der Waals surface area contributed by atoms with Crippen LogP contribution in [0.15, 0.2) is 5.29 Å². The van der Waals surface area contributed by atoms with Gasteiger partial charge in [0.05, 0.1) is 11.9 Å².